The van der Waals surface area contributed by atoms with Crippen LogP contribution < -0.4 is 0 Å². The van der Waals surface area contributed by atoms with Gasteiger partial charge in [0.1, 0.15) is 0 Å². The van der Waals surface area contributed by atoms with Gasteiger partial charge in [-0.1, -0.05) is 250 Å². The maximum absolute atomic E-state index is 4.34. The van der Waals surface area contributed by atoms with Gasteiger partial charge < -0.3 is 0 Å². The molecule has 0 spiro atoms. The molecule has 0 N–H and O–H groups in total. The quantitative estimate of drug-likeness (QED) is 0.123. The minimum Gasteiger partial charge on any atom is -0.0990 e. The standard InChI is InChI=1S/C48H58.5C2H6/c1-13-25-35-42(36-26-14-2)48-46(40(31-19-7)32-20-8)44(38(24-12)28-16-4)43(37(23-11)27-15-3)45(39(29-17-5)30-18-6)47(48)41(33-21-9)34-22-10;5*1-2/h13,15,17-27,29-36H,3,5,7,9,11,14,16,28H2,1-2,4,6,8,10,12H3;5*1-2H3/b25-13-,30-18-,32-20-,34-22-,36-26-,37-27+,38-24+,39-29+,40-31+,41-33+,42-35+;;;;;. The van der Waals surface area contributed by atoms with Crippen LogP contribution in [-0.2, 0) is 0 Å². The van der Waals surface area contributed by atoms with Crippen molar-refractivity contribution >= 4 is 33.4 Å². The molecule has 0 fully saturated rings. The third kappa shape index (κ3) is 20.5. The lowest BCUT2D eigenvalue weighted by Crippen LogP contribution is -2.12. The van der Waals surface area contributed by atoms with E-state index in [1.54, 1.807) is 0 Å². The zero-order valence-corrected chi connectivity index (χ0v) is 40.8. The molecule has 0 saturated carbocycles. The van der Waals surface area contributed by atoms with E-state index in [1.165, 1.54) is 11.1 Å². The molecule has 0 aromatic heterocycles. The Morgan fingerprint density at radius 2 is 0.741 bits per heavy atom. The molecule has 0 unspecified atom stereocenters. The fourth-order valence-corrected chi connectivity index (χ4v) is 5.83. The SMILES string of the molecule is C=C/C=C(\C=C)c1c(C(/C=C\C)=C/C=C)c(C(/C=C\C)=C/C=C)c(C(/C=C\CC)=C/C=C\C)c(C(/C=C\C)=C/C=C)c1/C(=C/C)CCC.CC.CC.CC.CC.CC. The molecule has 0 saturated heterocycles. The average Bonchev–Trinajstić information content (AvgIpc) is 3.27. The van der Waals surface area contributed by atoms with Crippen molar-refractivity contribution in [3.63, 3.8) is 0 Å². The Morgan fingerprint density at radius 1 is 0.414 bits per heavy atom. The lowest BCUT2D eigenvalue weighted by atomic mass is 9.72. The van der Waals surface area contributed by atoms with Crippen LogP contribution in [0, 0.1) is 0 Å². The maximum Gasteiger partial charge on any atom is -0.00140 e. The highest BCUT2D eigenvalue weighted by atomic mass is 14.3. The third-order valence-electron chi connectivity index (χ3n) is 7.58. The van der Waals surface area contributed by atoms with E-state index in [0.29, 0.717) is 0 Å². The summed E-state index contributed by atoms with van der Waals surface area (Å²) < 4.78 is 0. The minimum absolute atomic E-state index is 0.900. The Morgan fingerprint density at radius 3 is 1.02 bits per heavy atom. The van der Waals surface area contributed by atoms with Crippen molar-refractivity contribution in [3.05, 3.63) is 194 Å². The molecule has 0 aliphatic heterocycles. The second kappa shape index (κ2) is 44.8. The summed E-state index contributed by atoms with van der Waals surface area (Å²) in [6.07, 6.45) is 46.6. The van der Waals surface area contributed by atoms with E-state index in [9.17, 15) is 0 Å². The molecule has 1 aromatic carbocycles. The van der Waals surface area contributed by atoms with E-state index in [2.05, 4.69) is 179 Å². The molecule has 0 nitrogen and oxygen atoms in total. The second-order valence-electron chi connectivity index (χ2n) is 10.9. The van der Waals surface area contributed by atoms with Crippen LogP contribution >= 0.6 is 0 Å². The van der Waals surface area contributed by atoms with Crippen molar-refractivity contribution in [1.82, 2.24) is 0 Å². The van der Waals surface area contributed by atoms with Gasteiger partial charge in [0.05, 0.1) is 0 Å². The van der Waals surface area contributed by atoms with Crippen molar-refractivity contribution in [2.75, 3.05) is 0 Å². The molecule has 0 bridgehead atoms. The van der Waals surface area contributed by atoms with Crippen LogP contribution in [0.25, 0.3) is 33.4 Å². The summed E-state index contributed by atoms with van der Waals surface area (Å²) in [5.74, 6) is 0. The summed E-state index contributed by atoms with van der Waals surface area (Å²) in [5, 5.41) is 0. The van der Waals surface area contributed by atoms with Gasteiger partial charge in [0.2, 0.25) is 0 Å². The molecule has 0 aliphatic carbocycles. The lowest BCUT2D eigenvalue weighted by molar-refractivity contribution is 0.970. The molecule has 58 heavy (non-hydrogen) atoms. The first-order chi connectivity index (χ1) is 28.4. The van der Waals surface area contributed by atoms with E-state index in [0.717, 1.165) is 74.9 Å². The Bertz CT molecular complexity index is 1650. The smallest absolute Gasteiger partial charge is 0.00140 e. The minimum atomic E-state index is 0.900. The first-order valence-electron chi connectivity index (χ1n) is 22.1. The van der Waals surface area contributed by atoms with Gasteiger partial charge in [0, 0.05) is 0 Å². The maximum atomic E-state index is 4.34. The van der Waals surface area contributed by atoms with Crippen LogP contribution in [0.2, 0.25) is 0 Å². The molecule has 0 heterocycles. The molecule has 0 aliphatic rings. The summed E-state index contributed by atoms with van der Waals surface area (Å²) in [7, 11) is 0. The van der Waals surface area contributed by atoms with Crippen LogP contribution in [0.15, 0.2) is 160 Å². The van der Waals surface area contributed by atoms with E-state index in [1.807, 2.05) is 99.6 Å². The molecular formula is C58H88. The Kier molecular flexibility index (Phi) is 48.1. The summed E-state index contributed by atoms with van der Waals surface area (Å²) >= 11 is 0. The molecular weight excluding hydrogens is 697 g/mol. The number of rotatable bonds is 19. The van der Waals surface area contributed by atoms with Crippen LogP contribution in [0.3, 0.4) is 0 Å². The van der Waals surface area contributed by atoms with Crippen LogP contribution in [0.1, 0.15) is 170 Å². The summed E-state index contributed by atoms with van der Waals surface area (Å²) in [6.45, 7) is 55.7. The molecule has 0 radical (unpaired) electrons. The van der Waals surface area contributed by atoms with Crippen molar-refractivity contribution in [2.24, 2.45) is 0 Å². The lowest BCUT2D eigenvalue weighted by Gasteiger charge is -2.31. The zero-order valence-electron chi connectivity index (χ0n) is 40.8. The van der Waals surface area contributed by atoms with Crippen molar-refractivity contribution in [2.45, 2.75) is 137 Å². The first-order valence-corrected chi connectivity index (χ1v) is 22.1. The van der Waals surface area contributed by atoms with Gasteiger partial charge in [-0.3, -0.25) is 0 Å². The van der Waals surface area contributed by atoms with Gasteiger partial charge in [-0.15, -0.1) is 0 Å². The van der Waals surface area contributed by atoms with Crippen molar-refractivity contribution < 1.29 is 0 Å². The number of allylic oxidation sites excluding steroid dienone is 27. The monoisotopic (exact) mass is 785 g/mol. The summed E-state index contributed by atoms with van der Waals surface area (Å²) in [6, 6.07) is 0. The van der Waals surface area contributed by atoms with E-state index in [4.69, 9.17) is 0 Å². The largest absolute Gasteiger partial charge is 0.0990 e. The zero-order chi connectivity index (χ0) is 45.9. The molecule has 320 valence electrons. The van der Waals surface area contributed by atoms with Gasteiger partial charge in [-0.05, 0) is 114 Å². The Labute approximate surface area is 362 Å². The van der Waals surface area contributed by atoms with Gasteiger partial charge >= 0.3 is 0 Å². The van der Waals surface area contributed by atoms with Gasteiger partial charge in [0.25, 0.3) is 0 Å². The highest BCUT2D eigenvalue weighted by Crippen LogP contribution is 2.49. The fourth-order valence-electron chi connectivity index (χ4n) is 5.83. The number of hydrogen-bond acceptors (Lipinski definition) is 0. The van der Waals surface area contributed by atoms with Crippen LogP contribution in [0.4, 0.5) is 0 Å². The van der Waals surface area contributed by atoms with Crippen molar-refractivity contribution in [3.8, 4) is 0 Å². The predicted octanol–water partition coefficient (Wildman–Crippen LogP) is 20.1. The Balaban J connectivity index is -0.000000864. The molecule has 1 aromatic rings. The molecule has 0 heteroatoms. The third-order valence-corrected chi connectivity index (χ3v) is 7.58. The van der Waals surface area contributed by atoms with Crippen LogP contribution in [0.5, 0.6) is 0 Å². The summed E-state index contributed by atoms with van der Waals surface area (Å²) in [5.41, 5.74) is 13.2. The average molecular weight is 785 g/mol. The van der Waals surface area contributed by atoms with Crippen LogP contribution in [-0.4, -0.2) is 0 Å². The van der Waals surface area contributed by atoms with Gasteiger partial charge in [-0.2, -0.15) is 0 Å². The Hall–Kier alpha value is -4.94. The fraction of sp³-hybridized carbons (Fsp3) is 0.345. The van der Waals surface area contributed by atoms with Gasteiger partial charge in [0.15, 0.2) is 0 Å². The normalized spacial score (nSPS) is 12.4. The highest BCUT2D eigenvalue weighted by molar-refractivity contribution is 6.07. The molecule has 1 rings (SSSR count). The second-order valence-corrected chi connectivity index (χ2v) is 10.9. The summed E-state index contributed by atoms with van der Waals surface area (Å²) in [4.78, 5) is 0. The number of benzene rings is 1. The first kappa shape index (κ1) is 62.3. The molecule has 0 atom stereocenters. The molecule has 0 amide bonds. The predicted molar refractivity (Wildman–Crippen MR) is 281 cm³/mol. The highest BCUT2D eigenvalue weighted by Gasteiger charge is 2.30. The van der Waals surface area contributed by atoms with Gasteiger partial charge in [-0.25, -0.2) is 0 Å². The topological polar surface area (TPSA) is 0 Å². The number of hydrogen-bond donors (Lipinski definition) is 0. The van der Waals surface area contributed by atoms with Crippen molar-refractivity contribution in [1.29, 1.82) is 0 Å². The van der Waals surface area contributed by atoms with E-state index < -0.39 is 0 Å². The van der Waals surface area contributed by atoms with E-state index in [-0.39, 0.29) is 0 Å². The van der Waals surface area contributed by atoms with E-state index >= 15 is 0 Å².